The van der Waals surface area contributed by atoms with E-state index in [0.29, 0.717) is 19.1 Å². The molecule has 1 atom stereocenters. The van der Waals surface area contributed by atoms with E-state index in [-0.39, 0.29) is 25.4 Å². The van der Waals surface area contributed by atoms with Gasteiger partial charge in [-0.1, -0.05) is 63.3 Å². The lowest BCUT2D eigenvalue weighted by Crippen LogP contribution is -2.29. The van der Waals surface area contributed by atoms with Gasteiger partial charge in [0.1, 0.15) is 19.0 Å². The minimum atomic E-state index is -0.451. The number of allylic oxidation sites excluding steroid dienone is 4. The van der Waals surface area contributed by atoms with Crippen LogP contribution >= 0.6 is 0 Å². The van der Waals surface area contributed by atoms with E-state index in [0.717, 1.165) is 38.6 Å². The molecule has 0 bridgehead atoms. The van der Waals surface area contributed by atoms with Crippen LogP contribution in [0.4, 0.5) is 0 Å². The molecule has 0 radical (unpaired) electrons. The van der Waals surface area contributed by atoms with Crippen molar-refractivity contribution in [1.29, 1.82) is 0 Å². The normalized spacial score (nSPS) is 12.5. The third-order valence-electron chi connectivity index (χ3n) is 5.42. The quantitative estimate of drug-likeness (QED) is 0.0753. The first-order valence-electron chi connectivity index (χ1n) is 13.2. The number of nitrogens with zero attached hydrogens (tertiary/aromatic N) is 1. The summed E-state index contributed by atoms with van der Waals surface area (Å²) in [7, 11) is 3.88. The molecular weight excluding hydrogens is 430 g/mol. The first kappa shape index (κ1) is 32.0. The molecule has 0 fully saturated rings. The highest BCUT2D eigenvalue weighted by atomic mass is 16.6. The Morgan fingerprint density at radius 3 is 2.09 bits per heavy atom. The maximum absolute atomic E-state index is 12.2. The first-order chi connectivity index (χ1) is 16.5. The predicted molar refractivity (Wildman–Crippen MR) is 139 cm³/mol. The number of esters is 2. The summed E-state index contributed by atoms with van der Waals surface area (Å²) in [6.07, 6.45) is 23.1. The fourth-order valence-electron chi connectivity index (χ4n) is 3.34. The number of hydrogen-bond acceptors (Lipinski definition) is 6. The summed E-state index contributed by atoms with van der Waals surface area (Å²) in [4.78, 5) is 36.2. The van der Waals surface area contributed by atoms with Crippen LogP contribution in [0, 0.1) is 0 Å². The van der Waals surface area contributed by atoms with E-state index in [4.69, 9.17) is 9.47 Å². The zero-order chi connectivity index (χ0) is 25.3. The Morgan fingerprint density at radius 2 is 1.44 bits per heavy atom. The Balaban J connectivity index is 3.87. The zero-order valence-corrected chi connectivity index (χ0v) is 22.0. The molecule has 0 rings (SSSR count). The van der Waals surface area contributed by atoms with E-state index in [1.54, 1.807) is 0 Å². The van der Waals surface area contributed by atoms with Crippen molar-refractivity contribution < 1.29 is 23.9 Å². The van der Waals surface area contributed by atoms with Crippen LogP contribution in [-0.4, -0.2) is 56.5 Å². The molecule has 0 saturated heterocycles. The van der Waals surface area contributed by atoms with Crippen molar-refractivity contribution in [3.8, 4) is 0 Å². The van der Waals surface area contributed by atoms with E-state index in [2.05, 4.69) is 31.2 Å². The molecule has 196 valence electrons. The Hall–Kier alpha value is -1.95. The van der Waals surface area contributed by atoms with Crippen molar-refractivity contribution in [3.05, 3.63) is 24.3 Å². The lowest BCUT2D eigenvalue weighted by atomic mass is 10.1. The Bertz CT molecular complexity index is 571. The van der Waals surface area contributed by atoms with E-state index in [9.17, 15) is 14.4 Å². The second kappa shape index (κ2) is 24.2. The number of carbonyl (C=O) groups is 3. The van der Waals surface area contributed by atoms with Gasteiger partial charge in [-0.05, 0) is 52.6 Å². The van der Waals surface area contributed by atoms with Gasteiger partial charge < -0.3 is 19.2 Å². The zero-order valence-electron chi connectivity index (χ0n) is 22.0. The Labute approximate surface area is 208 Å². The van der Waals surface area contributed by atoms with Gasteiger partial charge in [0.25, 0.3) is 0 Å². The number of aldehydes is 1. The van der Waals surface area contributed by atoms with E-state index >= 15 is 0 Å². The van der Waals surface area contributed by atoms with Gasteiger partial charge in [0, 0.05) is 25.8 Å². The lowest BCUT2D eigenvalue weighted by molar-refractivity contribution is -0.159. The fraction of sp³-hybridized carbons (Fsp3) is 0.750. The molecule has 0 saturated carbocycles. The molecule has 0 aliphatic rings. The van der Waals surface area contributed by atoms with Crippen LogP contribution in [-0.2, 0) is 23.9 Å². The number of unbranched alkanes of at least 4 members (excludes halogenated alkanes) is 8. The van der Waals surface area contributed by atoms with Crippen molar-refractivity contribution in [2.45, 2.75) is 109 Å². The molecule has 0 spiro atoms. The number of ether oxygens (including phenoxy) is 2. The molecule has 1 unspecified atom stereocenters. The second-order valence-corrected chi connectivity index (χ2v) is 9.07. The largest absolute Gasteiger partial charge is 0.462 e. The molecule has 34 heavy (non-hydrogen) atoms. The average molecular weight is 480 g/mol. The second-order valence-electron chi connectivity index (χ2n) is 9.07. The summed E-state index contributed by atoms with van der Waals surface area (Å²) >= 11 is 0. The number of carbonyl (C=O) groups excluding carboxylic acids is 3. The molecule has 0 aromatic carbocycles. The van der Waals surface area contributed by atoms with Crippen LogP contribution in [0.2, 0.25) is 0 Å². The Morgan fingerprint density at radius 1 is 0.794 bits per heavy atom. The van der Waals surface area contributed by atoms with Crippen LogP contribution in [0.3, 0.4) is 0 Å². The van der Waals surface area contributed by atoms with Gasteiger partial charge in [-0.25, -0.2) is 0 Å². The predicted octanol–water partition coefficient (Wildman–Crippen LogP) is 6.19. The molecule has 0 aliphatic heterocycles. The van der Waals surface area contributed by atoms with E-state index in [1.165, 1.54) is 38.5 Å². The monoisotopic (exact) mass is 479 g/mol. The summed E-state index contributed by atoms with van der Waals surface area (Å²) in [6, 6.07) is 0. The number of rotatable bonds is 23. The van der Waals surface area contributed by atoms with Crippen molar-refractivity contribution in [3.63, 3.8) is 0 Å². The maximum Gasteiger partial charge on any atom is 0.306 e. The van der Waals surface area contributed by atoms with Crippen LogP contribution in [0.5, 0.6) is 0 Å². The van der Waals surface area contributed by atoms with Gasteiger partial charge in [0.2, 0.25) is 0 Å². The topological polar surface area (TPSA) is 72.9 Å². The summed E-state index contributed by atoms with van der Waals surface area (Å²) in [5.74, 6) is -0.676. The van der Waals surface area contributed by atoms with Gasteiger partial charge in [-0.2, -0.15) is 0 Å². The summed E-state index contributed by atoms with van der Waals surface area (Å²) < 4.78 is 10.7. The van der Waals surface area contributed by atoms with Crippen molar-refractivity contribution in [2.75, 3.05) is 27.2 Å². The fourth-order valence-corrected chi connectivity index (χ4v) is 3.34. The highest BCUT2D eigenvalue weighted by molar-refractivity contribution is 5.72. The smallest absolute Gasteiger partial charge is 0.306 e. The average Bonchev–Trinajstić information content (AvgIpc) is 2.81. The van der Waals surface area contributed by atoms with Gasteiger partial charge in [0.15, 0.2) is 0 Å². The minimum Gasteiger partial charge on any atom is -0.462 e. The minimum absolute atomic E-state index is 0.0411. The first-order valence-corrected chi connectivity index (χ1v) is 13.2. The van der Waals surface area contributed by atoms with Crippen molar-refractivity contribution in [2.24, 2.45) is 0 Å². The van der Waals surface area contributed by atoms with E-state index < -0.39 is 12.1 Å². The third kappa shape index (κ3) is 23.2. The maximum atomic E-state index is 12.2. The van der Waals surface area contributed by atoms with Crippen LogP contribution < -0.4 is 0 Å². The summed E-state index contributed by atoms with van der Waals surface area (Å²) in [6.45, 7) is 3.00. The highest BCUT2D eigenvalue weighted by Gasteiger charge is 2.17. The molecule has 6 heteroatoms. The van der Waals surface area contributed by atoms with Gasteiger partial charge >= 0.3 is 11.9 Å². The van der Waals surface area contributed by atoms with Gasteiger partial charge in [-0.15, -0.1) is 0 Å². The summed E-state index contributed by atoms with van der Waals surface area (Å²) in [5, 5.41) is 0. The van der Waals surface area contributed by atoms with Gasteiger partial charge in [0.05, 0.1) is 6.42 Å². The third-order valence-corrected chi connectivity index (χ3v) is 5.42. The molecular formula is C28H49NO5. The van der Waals surface area contributed by atoms with Crippen LogP contribution in [0.1, 0.15) is 103 Å². The molecule has 0 aromatic rings. The van der Waals surface area contributed by atoms with Crippen LogP contribution in [0.15, 0.2) is 24.3 Å². The lowest BCUT2D eigenvalue weighted by Gasteiger charge is -2.20. The summed E-state index contributed by atoms with van der Waals surface area (Å²) in [5.41, 5.74) is 0. The van der Waals surface area contributed by atoms with Crippen molar-refractivity contribution >= 4 is 18.2 Å². The van der Waals surface area contributed by atoms with Crippen molar-refractivity contribution in [1.82, 2.24) is 4.90 Å². The number of hydrogen-bond donors (Lipinski definition) is 0. The molecule has 0 heterocycles. The molecule has 0 aliphatic carbocycles. The van der Waals surface area contributed by atoms with Crippen LogP contribution in [0.25, 0.3) is 0 Å². The van der Waals surface area contributed by atoms with Gasteiger partial charge in [-0.3, -0.25) is 9.59 Å². The SMILES string of the molecule is CCCCC/C=C\C/C=C\CCCCCCCC(=O)OC(CCN(C)C)COC(=O)CCC=O. The standard InChI is InChI=1S/C28H49NO5/c1-4-5-6-7-8-9-10-11-12-13-14-15-16-17-18-20-28(32)34-26(22-23-29(2)3)25-33-27(31)21-19-24-30/h8-9,11-12,24,26H,4-7,10,13-23,25H2,1-3H3/b9-8-,12-11-. The Kier molecular flexibility index (Phi) is 22.8. The molecule has 6 nitrogen and oxygen atoms in total. The molecule has 0 amide bonds. The van der Waals surface area contributed by atoms with E-state index in [1.807, 2.05) is 19.0 Å². The highest BCUT2D eigenvalue weighted by Crippen LogP contribution is 2.11. The molecule has 0 aromatic heterocycles. The molecule has 0 N–H and O–H groups in total.